The van der Waals surface area contributed by atoms with E-state index in [4.69, 9.17) is 4.74 Å². The maximum Gasteiger partial charge on any atom is 0.357 e. The van der Waals surface area contributed by atoms with E-state index in [0.717, 1.165) is 9.56 Å². The summed E-state index contributed by atoms with van der Waals surface area (Å²) in [5.41, 5.74) is 0.243. The van der Waals surface area contributed by atoms with Gasteiger partial charge in [-0.15, -0.1) is 16.4 Å². The summed E-state index contributed by atoms with van der Waals surface area (Å²) >= 11 is 1.21. The van der Waals surface area contributed by atoms with Crippen LogP contribution in [0, 0.1) is 5.92 Å². The number of fused-ring (bicyclic) bond motifs is 1. The Balaban J connectivity index is 1.86. The number of nitrogens with zero attached hydrogens (tertiary/aromatic N) is 4. The van der Waals surface area contributed by atoms with Gasteiger partial charge in [0.1, 0.15) is 11.6 Å². The molecular formula is C19H21N5O4S. The van der Waals surface area contributed by atoms with Gasteiger partial charge in [-0.05, 0) is 31.4 Å². The Kier molecular flexibility index (Phi) is 6.02. The zero-order chi connectivity index (χ0) is 21.1. The number of ether oxygens (including phenoxy) is 1. The van der Waals surface area contributed by atoms with Gasteiger partial charge < -0.3 is 10.1 Å². The molecule has 0 spiro atoms. The summed E-state index contributed by atoms with van der Waals surface area (Å²) in [5.74, 6) is -0.743. The van der Waals surface area contributed by atoms with Crippen molar-refractivity contribution in [3.8, 4) is 0 Å². The number of carbonyl (C=O) groups excluding carboxylic acids is 2. The summed E-state index contributed by atoms with van der Waals surface area (Å²) in [6, 6.07) is 5.88. The lowest BCUT2D eigenvalue weighted by Crippen LogP contribution is -2.34. The van der Waals surface area contributed by atoms with Crippen LogP contribution in [0.15, 0.2) is 29.1 Å². The molecule has 9 nitrogen and oxygen atoms in total. The van der Waals surface area contributed by atoms with Crippen LogP contribution in [0.4, 0.5) is 5.13 Å². The predicted molar refractivity (Wildman–Crippen MR) is 109 cm³/mol. The molecule has 1 aromatic carbocycles. The quantitative estimate of drug-likeness (QED) is 0.615. The summed E-state index contributed by atoms with van der Waals surface area (Å²) in [7, 11) is 1.28. The van der Waals surface area contributed by atoms with Crippen molar-refractivity contribution in [2.45, 2.75) is 33.2 Å². The normalized spacial score (nSPS) is 12.2. The molecule has 1 amide bonds. The van der Waals surface area contributed by atoms with Crippen molar-refractivity contribution >= 4 is 39.2 Å². The van der Waals surface area contributed by atoms with Gasteiger partial charge in [-0.25, -0.2) is 9.78 Å². The summed E-state index contributed by atoms with van der Waals surface area (Å²) < 4.78 is 5.81. The highest BCUT2D eigenvalue weighted by molar-refractivity contribution is 7.16. The molecule has 0 unspecified atom stereocenters. The molecule has 10 heteroatoms. The van der Waals surface area contributed by atoms with E-state index >= 15 is 0 Å². The van der Waals surface area contributed by atoms with E-state index in [1.54, 1.807) is 31.2 Å². The van der Waals surface area contributed by atoms with Crippen LogP contribution in [-0.2, 0) is 16.0 Å². The Morgan fingerprint density at radius 1 is 1.24 bits per heavy atom. The molecule has 0 saturated heterocycles. The number of nitrogens with one attached hydrogen (secondary N) is 1. The third-order valence-corrected chi connectivity index (χ3v) is 5.23. The first kappa shape index (κ1) is 20.6. The molecule has 0 aliphatic heterocycles. The van der Waals surface area contributed by atoms with E-state index in [1.807, 2.05) is 13.8 Å². The molecule has 0 bridgehead atoms. The number of aromatic nitrogens is 4. The molecule has 0 saturated carbocycles. The van der Waals surface area contributed by atoms with Crippen LogP contribution >= 0.6 is 11.3 Å². The number of esters is 1. The maximum absolute atomic E-state index is 12.7. The van der Waals surface area contributed by atoms with Gasteiger partial charge in [0.05, 0.1) is 12.5 Å². The number of benzene rings is 1. The fourth-order valence-corrected chi connectivity index (χ4v) is 3.91. The first-order chi connectivity index (χ1) is 13.8. The second-order valence-electron chi connectivity index (χ2n) is 6.90. The summed E-state index contributed by atoms with van der Waals surface area (Å²) in [5, 5.41) is 11.2. The topological polar surface area (TPSA) is 116 Å². The van der Waals surface area contributed by atoms with Crippen molar-refractivity contribution in [2.75, 3.05) is 12.4 Å². The Bertz CT molecular complexity index is 1120. The lowest BCUT2D eigenvalue weighted by atomic mass is 10.1. The number of thiazole rings is 1. The second-order valence-corrected chi connectivity index (χ2v) is 7.99. The van der Waals surface area contributed by atoms with Crippen molar-refractivity contribution in [1.29, 1.82) is 0 Å². The fraction of sp³-hybridized carbons (Fsp3) is 0.368. The smallest absolute Gasteiger partial charge is 0.357 e. The van der Waals surface area contributed by atoms with Gasteiger partial charge in [0.25, 0.3) is 11.5 Å². The number of anilines is 1. The van der Waals surface area contributed by atoms with Crippen LogP contribution in [0.25, 0.3) is 10.9 Å². The van der Waals surface area contributed by atoms with Gasteiger partial charge in [-0.1, -0.05) is 31.2 Å². The van der Waals surface area contributed by atoms with Gasteiger partial charge in [0.2, 0.25) is 0 Å². The third-order valence-electron chi connectivity index (χ3n) is 4.24. The summed E-state index contributed by atoms with van der Waals surface area (Å²) in [4.78, 5) is 42.3. The SMILES string of the molecule is COC(=O)c1nc(NC(=O)[C@@H](C)n2nnc3ccccc3c2=O)sc1CC(C)C. The molecule has 29 heavy (non-hydrogen) atoms. The first-order valence-corrected chi connectivity index (χ1v) is 9.86. The zero-order valence-electron chi connectivity index (χ0n) is 16.5. The lowest BCUT2D eigenvalue weighted by molar-refractivity contribution is -0.119. The van der Waals surface area contributed by atoms with E-state index < -0.39 is 23.5 Å². The minimum absolute atomic E-state index is 0.191. The number of methoxy groups -OCH3 is 1. The Hall–Kier alpha value is -3.14. The fourth-order valence-electron chi connectivity index (χ4n) is 2.75. The van der Waals surface area contributed by atoms with Crippen molar-refractivity contribution in [3.05, 3.63) is 45.2 Å². The van der Waals surface area contributed by atoms with Crippen molar-refractivity contribution in [1.82, 2.24) is 20.0 Å². The van der Waals surface area contributed by atoms with Crippen LogP contribution in [0.2, 0.25) is 0 Å². The predicted octanol–water partition coefficient (Wildman–Crippen LogP) is 2.43. The van der Waals surface area contributed by atoms with Crippen LogP contribution in [0.5, 0.6) is 0 Å². The molecular weight excluding hydrogens is 394 g/mol. The Morgan fingerprint density at radius 3 is 2.66 bits per heavy atom. The number of hydrogen-bond donors (Lipinski definition) is 1. The van der Waals surface area contributed by atoms with Crippen molar-refractivity contribution in [3.63, 3.8) is 0 Å². The average Bonchev–Trinajstić information content (AvgIpc) is 3.08. The van der Waals surface area contributed by atoms with Gasteiger partial charge in [-0.3, -0.25) is 9.59 Å². The Morgan fingerprint density at radius 2 is 1.97 bits per heavy atom. The van der Waals surface area contributed by atoms with E-state index in [-0.39, 0.29) is 10.8 Å². The molecule has 3 rings (SSSR count). The van der Waals surface area contributed by atoms with E-state index in [9.17, 15) is 14.4 Å². The van der Waals surface area contributed by atoms with Crippen LogP contribution in [-0.4, -0.2) is 39.0 Å². The number of amides is 1. The molecule has 1 N–H and O–H groups in total. The van der Waals surface area contributed by atoms with E-state index in [2.05, 4.69) is 20.6 Å². The van der Waals surface area contributed by atoms with Gasteiger partial charge in [-0.2, -0.15) is 4.68 Å². The maximum atomic E-state index is 12.7. The van der Waals surface area contributed by atoms with Gasteiger partial charge in [0, 0.05) is 4.88 Å². The number of hydrogen-bond acceptors (Lipinski definition) is 8. The number of rotatable bonds is 6. The first-order valence-electron chi connectivity index (χ1n) is 9.05. The number of carbonyl (C=O) groups is 2. The molecule has 3 aromatic rings. The minimum atomic E-state index is -0.918. The lowest BCUT2D eigenvalue weighted by Gasteiger charge is -2.12. The van der Waals surface area contributed by atoms with Crippen LogP contribution < -0.4 is 10.9 Å². The highest BCUT2D eigenvalue weighted by Gasteiger charge is 2.24. The minimum Gasteiger partial charge on any atom is -0.464 e. The van der Waals surface area contributed by atoms with Gasteiger partial charge >= 0.3 is 5.97 Å². The zero-order valence-corrected chi connectivity index (χ0v) is 17.3. The largest absolute Gasteiger partial charge is 0.464 e. The van der Waals surface area contributed by atoms with E-state index in [1.165, 1.54) is 18.4 Å². The summed E-state index contributed by atoms with van der Waals surface area (Å²) in [6.45, 7) is 5.59. The molecule has 152 valence electrons. The van der Waals surface area contributed by atoms with Crippen molar-refractivity contribution in [2.24, 2.45) is 5.92 Å². The molecule has 0 fully saturated rings. The molecule has 1 atom stereocenters. The highest BCUT2D eigenvalue weighted by atomic mass is 32.1. The molecule has 0 aliphatic rings. The third kappa shape index (κ3) is 4.32. The molecule has 0 aliphatic carbocycles. The van der Waals surface area contributed by atoms with Crippen molar-refractivity contribution < 1.29 is 14.3 Å². The highest BCUT2D eigenvalue weighted by Crippen LogP contribution is 2.27. The summed E-state index contributed by atoms with van der Waals surface area (Å²) in [6.07, 6.45) is 0.628. The van der Waals surface area contributed by atoms with Gasteiger partial charge in [0.15, 0.2) is 10.8 Å². The second kappa shape index (κ2) is 8.48. The standard InChI is InChI=1S/C19H21N5O4S/c1-10(2)9-14-15(18(27)28-4)20-19(29-14)21-16(25)11(3)24-17(26)12-7-5-6-8-13(12)22-23-24/h5-8,10-11H,9H2,1-4H3,(H,20,21,25)/t11-/m1/s1. The van der Waals surface area contributed by atoms with Crippen LogP contribution in [0.1, 0.15) is 42.2 Å². The molecule has 2 aromatic heterocycles. The van der Waals surface area contributed by atoms with Crippen LogP contribution in [0.3, 0.4) is 0 Å². The van der Waals surface area contributed by atoms with E-state index in [0.29, 0.717) is 23.2 Å². The average molecular weight is 415 g/mol. The molecule has 0 radical (unpaired) electrons. The molecule has 2 heterocycles. The monoisotopic (exact) mass is 415 g/mol. The Labute approximate surface area is 170 Å².